The second kappa shape index (κ2) is 7.04. The molecule has 0 amide bonds. The van der Waals surface area contributed by atoms with Gasteiger partial charge in [-0.3, -0.25) is 4.90 Å². The van der Waals surface area contributed by atoms with E-state index in [0.29, 0.717) is 6.54 Å². The summed E-state index contributed by atoms with van der Waals surface area (Å²) in [5, 5.41) is 3.16. The summed E-state index contributed by atoms with van der Waals surface area (Å²) >= 11 is 1.71. The predicted octanol–water partition coefficient (Wildman–Crippen LogP) is 0.629. The second-order valence-corrected chi connectivity index (χ2v) is 5.29. The van der Waals surface area contributed by atoms with E-state index in [1.165, 1.54) is 0 Å². The topological polar surface area (TPSA) is 54.6 Å². The third-order valence-electron chi connectivity index (χ3n) is 3.19. The Bertz CT molecular complexity index is 325. The van der Waals surface area contributed by atoms with Gasteiger partial charge < -0.3 is 15.4 Å². The third-order valence-corrected chi connectivity index (χ3v) is 4.02. The summed E-state index contributed by atoms with van der Waals surface area (Å²) in [6, 6.07) is 0. The van der Waals surface area contributed by atoms with Gasteiger partial charge in [0.2, 0.25) is 0 Å². The molecule has 18 heavy (non-hydrogen) atoms. The highest BCUT2D eigenvalue weighted by molar-refractivity contribution is 7.13. The molecule has 6 heteroatoms. The van der Waals surface area contributed by atoms with Crippen molar-refractivity contribution in [2.45, 2.75) is 13.0 Å². The number of nitrogens with zero attached hydrogens (tertiary/aromatic N) is 3. The van der Waals surface area contributed by atoms with Crippen LogP contribution in [-0.2, 0) is 4.74 Å². The first-order chi connectivity index (χ1) is 8.83. The van der Waals surface area contributed by atoms with Crippen molar-refractivity contribution in [3.05, 3.63) is 11.6 Å². The fraction of sp³-hybridized carbons (Fsp3) is 0.750. The highest BCUT2D eigenvalue weighted by Crippen LogP contribution is 2.18. The molecule has 1 fully saturated rings. The monoisotopic (exact) mass is 270 g/mol. The molecule has 5 nitrogen and oxygen atoms in total. The maximum absolute atomic E-state index is 5.71. The zero-order chi connectivity index (χ0) is 12.8. The first-order valence-electron chi connectivity index (χ1n) is 6.52. The smallest absolute Gasteiger partial charge is 0.185 e. The number of rotatable bonds is 6. The van der Waals surface area contributed by atoms with Gasteiger partial charge in [0.1, 0.15) is 0 Å². The van der Waals surface area contributed by atoms with Gasteiger partial charge in [-0.2, -0.15) is 0 Å². The molecule has 0 spiro atoms. The molecule has 1 aromatic rings. The molecule has 2 rings (SSSR count). The van der Waals surface area contributed by atoms with Crippen LogP contribution in [-0.4, -0.2) is 61.9 Å². The lowest BCUT2D eigenvalue weighted by Gasteiger charge is -2.36. The molecule has 1 aromatic heterocycles. The van der Waals surface area contributed by atoms with Crippen molar-refractivity contribution in [3.8, 4) is 0 Å². The van der Waals surface area contributed by atoms with E-state index in [4.69, 9.17) is 10.5 Å². The van der Waals surface area contributed by atoms with Gasteiger partial charge >= 0.3 is 0 Å². The average Bonchev–Trinajstić information content (AvgIpc) is 2.93. The molecule has 0 aliphatic carbocycles. The van der Waals surface area contributed by atoms with Gasteiger partial charge in [-0.25, -0.2) is 4.98 Å². The quantitative estimate of drug-likeness (QED) is 0.821. The highest BCUT2D eigenvalue weighted by atomic mass is 32.1. The Hall–Kier alpha value is -0.690. The van der Waals surface area contributed by atoms with Gasteiger partial charge in [0.25, 0.3) is 0 Å². The lowest BCUT2D eigenvalue weighted by Crippen LogP contribution is -2.50. The van der Waals surface area contributed by atoms with E-state index >= 15 is 0 Å². The summed E-state index contributed by atoms with van der Waals surface area (Å²) in [6.45, 7) is 8.49. The van der Waals surface area contributed by atoms with E-state index in [1.807, 2.05) is 18.5 Å². The molecule has 0 radical (unpaired) electrons. The van der Waals surface area contributed by atoms with Crippen molar-refractivity contribution in [1.29, 1.82) is 0 Å². The molecular weight excluding hydrogens is 248 g/mol. The number of hydrogen-bond donors (Lipinski definition) is 1. The van der Waals surface area contributed by atoms with Crippen molar-refractivity contribution < 1.29 is 4.74 Å². The normalized spacial score (nSPS) is 19.1. The van der Waals surface area contributed by atoms with Crippen molar-refractivity contribution in [2.24, 2.45) is 5.73 Å². The van der Waals surface area contributed by atoms with Crippen LogP contribution in [0.5, 0.6) is 0 Å². The number of hydrogen-bond acceptors (Lipinski definition) is 6. The van der Waals surface area contributed by atoms with Crippen LogP contribution in [0.1, 0.15) is 6.92 Å². The number of aromatic nitrogens is 1. The van der Waals surface area contributed by atoms with Crippen LogP contribution >= 0.6 is 11.3 Å². The maximum atomic E-state index is 5.71. The van der Waals surface area contributed by atoms with Gasteiger partial charge in [-0.1, -0.05) is 0 Å². The van der Waals surface area contributed by atoms with Crippen LogP contribution in [0.3, 0.4) is 0 Å². The van der Waals surface area contributed by atoms with E-state index in [-0.39, 0.29) is 6.10 Å². The Labute approximate surface area is 113 Å². The molecule has 0 saturated carbocycles. The zero-order valence-electron chi connectivity index (χ0n) is 10.9. The molecule has 2 N–H and O–H groups in total. The molecule has 1 aliphatic heterocycles. The Morgan fingerprint density at radius 2 is 2.22 bits per heavy atom. The summed E-state index contributed by atoms with van der Waals surface area (Å²) in [4.78, 5) is 9.13. The van der Waals surface area contributed by atoms with Crippen LogP contribution in [0.2, 0.25) is 0 Å². The fourth-order valence-electron chi connectivity index (χ4n) is 2.21. The highest BCUT2D eigenvalue weighted by Gasteiger charge is 2.20. The molecular formula is C12H22N4OS. The number of thiazole rings is 1. The van der Waals surface area contributed by atoms with Crippen molar-refractivity contribution >= 4 is 16.5 Å². The lowest BCUT2D eigenvalue weighted by atomic mass is 10.2. The van der Waals surface area contributed by atoms with E-state index < -0.39 is 0 Å². The lowest BCUT2D eigenvalue weighted by molar-refractivity contribution is 0.0379. The number of anilines is 1. The minimum atomic E-state index is 0.168. The molecule has 0 aromatic carbocycles. The summed E-state index contributed by atoms with van der Waals surface area (Å²) in [6.07, 6.45) is 2.03. The minimum absolute atomic E-state index is 0.168. The van der Waals surface area contributed by atoms with Crippen LogP contribution in [0.25, 0.3) is 0 Å². The second-order valence-electron chi connectivity index (χ2n) is 4.42. The van der Waals surface area contributed by atoms with E-state index in [2.05, 4.69) is 14.8 Å². The molecule has 1 aliphatic rings. The molecule has 1 saturated heterocycles. The summed E-state index contributed by atoms with van der Waals surface area (Å²) < 4.78 is 5.60. The zero-order valence-corrected chi connectivity index (χ0v) is 11.7. The minimum Gasteiger partial charge on any atom is -0.376 e. The van der Waals surface area contributed by atoms with Crippen molar-refractivity contribution in [3.63, 3.8) is 0 Å². The summed E-state index contributed by atoms with van der Waals surface area (Å²) in [7, 11) is 0. The van der Waals surface area contributed by atoms with Crippen molar-refractivity contribution in [1.82, 2.24) is 9.88 Å². The third kappa shape index (κ3) is 3.65. The van der Waals surface area contributed by atoms with E-state index in [9.17, 15) is 0 Å². The summed E-state index contributed by atoms with van der Waals surface area (Å²) in [5.41, 5.74) is 5.71. The Morgan fingerprint density at radius 3 is 2.78 bits per heavy atom. The number of nitrogens with two attached hydrogens (primary N) is 1. The Morgan fingerprint density at radius 1 is 1.44 bits per heavy atom. The molecule has 102 valence electrons. The van der Waals surface area contributed by atoms with Gasteiger partial charge in [-0.05, 0) is 6.92 Å². The average molecular weight is 270 g/mol. The SMILES string of the molecule is CCOC(CN)CN1CCN(c2nccs2)CC1. The van der Waals surface area contributed by atoms with Crippen LogP contribution in [0.15, 0.2) is 11.6 Å². The fourth-order valence-corrected chi connectivity index (χ4v) is 2.91. The van der Waals surface area contributed by atoms with E-state index in [1.54, 1.807) is 11.3 Å². The Balaban J connectivity index is 1.76. The van der Waals surface area contributed by atoms with Crippen LogP contribution in [0.4, 0.5) is 5.13 Å². The van der Waals surface area contributed by atoms with Crippen LogP contribution in [0, 0.1) is 0 Å². The number of piperazine rings is 1. The largest absolute Gasteiger partial charge is 0.376 e. The van der Waals surface area contributed by atoms with Gasteiger partial charge in [0, 0.05) is 57.5 Å². The van der Waals surface area contributed by atoms with Crippen LogP contribution < -0.4 is 10.6 Å². The molecule has 1 unspecified atom stereocenters. The number of ether oxygens (including phenoxy) is 1. The Kier molecular flexibility index (Phi) is 5.37. The van der Waals surface area contributed by atoms with Gasteiger partial charge in [0.05, 0.1) is 6.10 Å². The first-order valence-corrected chi connectivity index (χ1v) is 7.40. The van der Waals surface area contributed by atoms with Crippen molar-refractivity contribution in [2.75, 3.05) is 50.8 Å². The van der Waals surface area contributed by atoms with Gasteiger partial charge in [-0.15, -0.1) is 11.3 Å². The van der Waals surface area contributed by atoms with Gasteiger partial charge in [0.15, 0.2) is 5.13 Å². The molecule has 2 heterocycles. The molecule has 0 bridgehead atoms. The van der Waals surface area contributed by atoms with E-state index in [0.717, 1.165) is 44.5 Å². The predicted molar refractivity (Wildman–Crippen MR) is 75.2 cm³/mol. The molecule has 1 atom stereocenters. The maximum Gasteiger partial charge on any atom is 0.185 e. The standard InChI is InChI=1S/C12H22N4OS/c1-2-17-11(9-13)10-15-4-6-16(7-5-15)12-14-3-8-18-12/h3,8,11H,2,4-7,9-10,13H2,1H3. The first kappa shape index (κ1) is 13.7. The summed E-state index contributed by atoms with van der Waals surface area (Å²) in [5.74, 6) is 0.